The Labute approximate surface area is 270 Å². The molecule has 0 radical (unpaired) electrons. The molecule has 0 aliphatic carbocycles. The lowest BCUT2D eigenvalue weighted by atomic mass is 9.77. The van der Waals surface area contributed by atoms with Crippen LogP contribution in [0.5, 0.6) is 0 Å². The predicted octanol–water partition coefficient (Wildman–Crippen LogP) is 10.2. The van der Waals surface area contributed by atoms with Gasteiger partial charge in [-0.25, -0.2) is 0 Å². The average Bonchev–Trinajstić information content (AvgIpc) is 3.36. The molecule has 0 saturated carbocycles. The number of H-pyrrole nitrogens is 1. The highest BCUT2D eigenvalue weighted by molar-refractivity contribution is 6.42. The maximum atomic E-state index is 14.5. The number of likely N-dealkylation sites (N-methyl/N-ethyl adjacent to an activating group) is 1. The maximum Gasteiger partial charge on any atom is 0.171 e. The second-order valence-corrected chi connectivity index (χ2v) is 14.0. The molecular weight excluding hydrogens is 573 g/mol. The number of aromatic nitrogens is 1. The minimum atomic E-state index is -0.772. The van der Waals surface area contributed by atoms with Crippen molar-refractivity contribution in [1.29, 1.82) is 0 Å². The molecule has 1 N–H and O–H groups in total. The minimum absolute atomic E-state index is 0.228. The van der Waals surface area contributed by atoms with Crippen LogP contribution in [0.4, 0.5) is 0 Å². The molecule has 6 heteroatoms. The summed E-state index contributed by atoms with van der Waals surface area (Å²) in [5.74, 6) is 0.878. The molecule has 1 aromatic heterocycles. The molecule has 4 rings (SSSR count). The van der Waals surface area contributed by atoms with E-state index in [4.69, 9.17) is 23.2 Å². The van der Waals surface area contributed by atoms with Gasteiger partial charge in [-0.15, -0.1) is 0 Å². The van der Waals surface area contributed by atoms with Crippen molar-refractivity contribution < 1.29 is 4.79 Å². The molecule has 2 atom stereocenters. The van der Waals surface area contributed by atoms with Crippen molar-refractivity contribution in [3.8, 4) is 0 Å². The number of benzene rings is 2. The van der Waals surface area contributed by atoms with Gasteiger partial charge in [0.15, 0.2) is 5.78 Å². The second-order valence-electron chi connectivity index (χ2n) is 13.2. The van der Waals surface area contributed by atoms with Gasteiger partial charge in [0.05, 0.1) is 16.6 Å². The van der Waals surface area contributed by atoms with Gasteiger partial charge in [-0.2, -0.15) is 0 Å². The average molecular weight is 627 g/mol. The fraction of sp³-hybridized carbons (Fsp3) is 0.595. The van der Waals surface area contributed by atoms with Gasteiger partial charge in [-0.1, -0.05) is 132 Å². The summed E-state index contributed by atoms with van der Waals surface area (Å²) in [5.41, 5.74) is 3.96. The van der Waals surface area contributed by atoms with Crippen LogP contribution in [0.3, 0.4) is 0 Å². The van der Waals surface area contributed by atoms with E-state index in [9.17, 15) is 4.79 Å². The van der Waals surface area contributed by atoms with Gasteiger partial charge in [0, 0.05) is 29.7 Å². The molecule has 236 valence electrons. The highest BCUT2D eigenvalue weighted by Crippen LogP contribution is 2.42. The maximum absolute atomic E-state index is 14.5. The summed E-state index contributed by atoms with van der Waals surface area (Å²) in [6.07, 6.45) is 15.9. The lowest BCUT2D eigenvalue weighted by molar-refractivity contribution is -0.134. The quantitative estimate of drug-likeness (QED) is 0.143. The van der Waals surface area contributed by atoms with E-state index in [1.165, 1.54) is 79.9 Å². The topological polar surface area (TPSA) is 39.3 Å². The van der Waals surface area contributed by atoms with E-state index in [1.807, 2.05) is 37.2 Å². The molecule has 1 aliphatic heterocycles. The first-order valence-electron chi connectivity index (χ1n) is 16.7. The number of rotatable bonds is 18. The highest BCUT2D eigenvalue weighted by Gasteiger charge is 2.46. The van der Waals surface area contributed by atoms with E-state index >= 15 is 0 Å². The van der Waals surface area contributed by atoms with Crippen molar-refractivity contribution in [2.24, 2.45) is 5.92 Å². The zero-order chi connectivity index (χ0) is 30.8. The zero-order valence-electron chi connectivity index (χ0n) is 27.0. The Kier molecular flexibility index (Phi) is 13.0. The zero-order valence-corrected chi connectivity index (χ0v) is 28.5. The van der Waals surface area contributed by atoms with E-state index in [-0.39, 0.29) is 5.78 Å². The number of nitrogens with zero attached hydrogens (tertiary/aromatic N) is 2. The molecule has 0 saturated heterocycles. The normalized spacial score (nSPS) is 16.0. The van der Waals surface area contributed by atoms with Crippen molar-refractivity contribution in [2.45, 2.75) is 109 Å². The van der Waals surface area contributed by atoms with Crippen LogP contribution in [0.25, 0.3) is 10.9 Å². The van der Waals surface area contributed by atoms with Crippen molar-refractivity contribution in [1.82, 2.24) is 14.8 Å². The number of fused-ring (bicyclic) bond motifs is 3. The fourth-order valence-corrected chi connectivity index (χ4v) is 7.43. The Bertz CT molecular complexity index is 1320. The Hall–Kier alpha value is -1.85. The van der Waals surface area contributed by atoms with E-state index in [1.54, 1.807) is 0 Å². The van der Waals surface area contributed by atoms with Crippen LogP contribution in [0.15, 0.2) is 42.5 Å². The number of hydrogen-bond acceptors (Lipinski definition) is 3. The van der Waals surface area contributed by atoms with Crippen molar-refractivity contribution in [3.63, 3.8) is 0 Å². The standard InChI is InChI=1S/C37H53Cl2N3O/c1-5-6-7-8-9-10-11-12-16-28(2)17-15-23-37(36(43)27-41(3)4,29-20-21-32(38)33(39)25-29)42-24-22-31-30-18-13-14-19-34(30)40-35(31)26-42/h13-14,18-21,25,28,40H,5-12,15-17,22-24,26-27H2,1-4H3. The lowest BCUT2D eigenvalue weighted by Gasteiger charge is -2.46. The Morgan fingerprint density at radius 1 is 0.953 bits per heavy atom. The molecule has 0 fully saturated rings. The predicted molar refractivity (Wildman–Crippen MR) is 184 cm³/mol. The van der Waals surface area contributed by atoms with E-state index < -0.39 is 5.54 Å². The largest absolute Gasteiger partial charge is 0.357 e. The third-order valence-electron chi connectivity index (χ3n) is 9.53. The van der Waals surface area contributed by atoms with Crippen LogP contribution < -0.4 is 0 Å². The summed E-state index contributed by atoms with van der Waals surface area (Å²) in [5, 5.41) is 2.33. The molecule has 0 bridgehead atoms. The SMILES string of the molecule is CCCCCCCCCCC(C)CCCC(C(=O)CN(C)C)(c1ccc(Cl)c(Cl)c1)N1CCc2c([nH]c3ccccc23)C1. The van der Waals surface area contributed by atoms with E-state index in [0.717, 1.165) is 37.8 Å². The molecule has 4 nitrogen and oxygen atoms in total. The number of unbranched alkanes of at least 4 members (excludes halogenated alkanes) is 7. The van der Waals surface area contributed by atoms with Crippen LogP contribution in [-0.4, -0.2) is 47.8 Å². The summed E-state index contributed by atoms with van der Waals surface area (Å²) >= 11 is 13.0. The first-order chi connectivity index (χ1) is 20.8. The van der Waals surface area contributed by atoms with Gasteiger partial charge in [0.25, 0.3) is 0 Å². The number of carbonyl (C=O) groups excluding carboxylic acids is 1. The van der Waals surface area contributed by atoms with Crippen molar-refractivity contribution in [3.05, 3.63) is 69.3 Å². The number of hydrogen-bond donors (Lipinski definition) is 1. The fourth-order valence-electron chi connectivity index (χ4n) is 7.13. The molecule has 0 amide bonds. The lowest BCUT2D eigenvalue weighted by Crippen LogP contribution is -2.55. The number of halogens is 2. The number of carbonyl (C=O) groups is 1. The Morgan fingerprint density at radius 2 is 1.65 bits per heavy atom. The summed E-state index contributed by atoms with van der Waals surface area (Å²) in [4.78, 5) is 22.6. The summed E-state index contributed by atoms with van der Waals surface area (Å²) in [6, 6.07) is 14.4. The van der Waals surface area contributed by atoms with Gasteiger partial charge in [0.1, 0.15) is 5.54 Å². The molecule has 2 aromatic carbocycles. The minimum Gasteiger partial charge on any atom is -0.357 e. The first kappa shape index (κ1) is 34.0. The van der Waals surface area contributed by atoms with Gasteiger partial charge in [-0.05, 0) is 62.2 Å². The van der Waals surface area contributed by atoms with Crippen molar-refractivity contribution in [2.75, 3.05) is 27.2 Å². The summed E-state index contributed by atoms with van der Waals surface area (Å²) in [7, 11) is 3.96. The van der Waals surface area contributed by atoms with Gasteiger partial charge in [-0.3, -0.25) is 9.69 Å². The Balaban J connectivity index is 1.53. The summed E-state index contributed by atoms with van der Waals surface area (Å²) in [6.45, 7) is 6.57. The number of nitrogens with one attached hydrogen (secondary N) is 1. The smallest absolute Gasteiger partial charge is 0.171 e. The van der Waals surface area contributed by atoms with Crippen LogP contribution >= 0.6 is 23.2 Å². The van der Waals surface area contributed by atoms with E-state index in [0.29, 0.717) is 29.1 Å². The monoisotopic (exact) mass is 625 g/mol. The third kappa shape index (κ3) is 8.66. The third-order valence-corrected chi connectivity index (χ3v) is 10.3. The molecule has 43 heavy (non-hydrogen) atoms. The molecule has 1 aliphatic rings. The summed E-state index contributed by atoms with van der Waals surface area (Å²) < 4.78 is 0. The molecule has 2 unspecified atom stereocenters. The highest BCUT2D eigenvalue weighted by atomic mass is 35.5. The van der Waals surface area contributed by atoms with E-state index in [2.05, 4.69) is 48.0 Å². The van der Waals surface area contributed by atoms with Crippen LogP contribution in [-0.2, 0) is 23.3 Å². The Morgan fingerprint density at radius 3 is 2.37 bits per heavy atom. The van der Waals surface area contributed by atoms with Gasteiger partial charge >= 0.3 is 0 Å². The number of ketones is 1. The molecule has 3 aromatic rings. The number of Topliss-reactive ketones (excluding diaryl/α,β-unsaturated/α-hetero) is 1. The van der Waals surface area contributed by atoms with Crippen LogP contribution in [0.1, 0.15) is 108 Å². The first-order valence-corrected chi connectivity index (χ1v) is 17.5. The van der Waals surface area contributed by atoms with Crippen LogP contribution in [0, 0.1) is 5.92 Å². The number of aromatic amines is 1. The van der Waals surface area contributed by atoms with Crippen molar-refractivity contribution >= 4 is 39.9 Å². The number of para-hydroxylation sites is 1. The molecule has 0 spiro atoms. The molecular formula is C37H53Cl2N3O. The molecule has 2 heterocycles. The van der Waals surface area contributed by atoms with Crippen LogP contribution in [0.2, 0.25) is 10.0 Å². The van der Waals surface area contributed by atoms with Gasteiger partial charge in [0.2, 0.25) is 0 Å². The second kappa shape index (κ2) is 16.5. The van der Waals surface area contributed by atoms with Gasteiger partial charge < -0.3 is 9.88 Å².